The molecule has 0 radical (unpaired) electrons. The van der Waals surface area contributed by atoms with Gasteiger partial charge in [0, 0.05) is 37.2 Å². The predicted octanol–water partition coefficient (Wildman–Crippen LogP) is 14.2. The Morgan fingerprint density at radius 3 is 1.57 bits per heavy atom. The van der Waals surface area contributed by atoms with Gasteiger partial charge in [-0.3, -0.25) is 0 Å². The molecule has 53 heavy (non-hydrogen) atoms. The third kappa shape index (κ3) is 4.49. The van der Waals surface area contributed by atoms with Crippen molar-refractivity contribution in [1.82, 2.24) is 0 Å². The Morgan fingerprint density at radius 2 is 0.887 bits per heavy atom. The van der Waals surface area contributed by atoms with Crippen molar-refractivity contribution in [3.05, 3.63) is 222 Å². The molecule has 0 unspecified atom stereocenters. The molecule has 0 N–H and O–H groups in total. The summed E-state index contributed by atoms with van der Waals surface area (Å²) in [4.78, 5) is 2.41. The highest BCUT2D eigenvalue weighted by atomic mass is 32.1. The molecule has 0 bridgehead atoms. The predicted molar refractivity (Wildman–Crippen MR) is 226 cm³/mol. The number of anilines is 3. The van der Waals surface area contributed by atoms with E-state index in [1.54, 1.807) is 0 Å². The van der Waals surface area contributed by atoms with E-state index in [2.05, 4.69) is 205 Å². The van der Waals surface area contributed by atoms with E-state index < -0.39 is 5.41 Å². The fraction of sp³-hybridized carbons (Fsp3) is 0.0196. The van der Waals surface area contributed by atoms with Gasteiger partial charge in [0.05, 0.1) is 5.41 Å². The van der Waals surface area contributed by atoms with Crippen LogP contribution in [-0.4, -0.2) is 0 Å². The topological polar surface area (TPSA) is 3.24 Å². The summed E-state index contributed by atoms with van der Waals surface area (Å²) in [5.41, 5.74) is 10.6. The summed E-state index contributed by atoms with van der Waals surface area (Å²) in [7, 11) is 0. The quantitative estimate of drug-likeness (QED) is 0.157. The van der Waals surface area contributed by atoms with Gasteiger partial charge in [0.2, 0.25) is 0 Å². The third-order valence-electron chi connectivity index (χ3n) is 11.3. The maximum Gasteiger partial charge on any atom is 0.0714 e. The van der Waals surface area contributed by atoms with E-state index in [-0.39, 0.29) is 0 Å². The summed E-state index contributed by atoms with van der Waals surface area (Å²) in [6.45, 7) is 0. The maximum atomic E-state index is 2.41. The molecule has 0 atom stereocenters. The van der Waals surface area contributed by atoms with Gasteiger partial charge in [-0.1, -0.05) is 158 Å². The normalized spacial score (nSPS) is 13.1. The van der Waals surface area contributed by atoms with Gasteiger partial charge in [-0.05, 0) is 97.4 Å². The zero-order valence-electron chi connectivity index (χ0n) is 28.9. The first-order valence-corrected chi connectivity index (χ1v) is 19.1. The van der Waals surface area contributed by atoms with Crippen LogP contribution in [0.3, 0.4) is 0 Å². The van der Waals surface area contributed by atoms with Crippen LogP contribution in [0.2, 0.25) is 0 Å². The molecule has 10 aromatic rings. The standard InChI is InChI=1S/C51H33NS/c1-3-11-34(12-4-1)35-23-27-40(28-24-35)52(42-31-32-44-43-17-7-8-20-47(43)53-48(44)33-42)41-29-25-39(26-30-41)51(38-15-5-2-6-16-38)45-18-9-13-36-21-22-37-14-10-19-46(51)50(37)49(36)45/h1-33H. The zero-order chi connectivity index (χ0) is 34.9. The summed E-state index contributed by atoms with van der Waals surface area (Å²) in [5, 5.41) is 7.93. The van der Waals surface area contributed by atoms with Gasteiger partial charge < -0.3 is 4.90 Å². The molecule has 0 saturated carbocycles. The molecule has 1 aliphatic carbocycles. The van der Waals surface area contributed by atoms with Crippen molar-refractivity contribution in [1.29, 1.82) is 0 Å². The van der Waals surface area contributed by atoms with Crippen LogP contribution in [0.5, 0.6) is 0 Å². The first-order chi connectivity index (χ1) is 26.3. The minimum Gasteiger partial charge on any atom is -0.310 e. The monoisotopic (exact) mass is 691 g/mol. The lowest BCUT2D eigenvalue weighted by atomic mass is 9.67. The highest BCUT2D eigenvalue weighted by Crippen LogP contribution is 2.56. The van der Waals surface area contributed by atoms with E-state index in [4.69, 9.17) is 0 Å². The lowest BCUT2D eigenvalue weighted by Crippen LogP contribution is -2.28. The molecule has 9 aromatic carbocycles. The van der Waals surface area contributed by atoms with Crippen LogP contribution >= 0.6 is 11.3 Å². The fourth-order valence-electron chi connectivity index (χ4n) is 9.00. The Hall–Kier alpha value is -6.48. The minimum atomic E-state index is -0.444. The highest BCUT2D eigenvalue weighted by molar-refractivity contribution is 7.25. The van der Waals surface area contributed by atoms with Crippen molar-refractivity contribution in [2.45, 2.75) is 5.41 Å². The summed E-state index contributed by atoms with van der Waals surface area (Å²) >= 11 is 1.86. The molecule has 1 aromatic heterocycles. The van der Waals surface area contributed by atoms with Crippen LogP contribution in [0.25, 0.3) is 52.8 Å². The largest absolute Gasteiger partial charge is 0.310 e. The summed E-state index contributed by atoms with van der Waals surface area (Å²) in [6.07, 6.45) is 0. The highest BCUT2D eigenvalue weighted by Gasteiger charge is 2.44. The lowest BCUT2D eigenvalue weighted by Gasteiger charge is -2.35. The number of rotatable bonds is 6. The van der Waals surface area contributed by atoms with Crippen LogP contribution in [-0.2, 0) is 5.41 Å². The van der Waals surface area contributed by atoms with Crippen LogP contribution < -0.4 is 4.90 Å². The third-order valence-corrected chi connectivity index (χ3v) is 12.4. The smallest absolute Gasteiger partial charge is 0.0714 e. The summed E-state index contributed by atoms with van der Waals surface area (Å²) < 4.78 is 2.61. The maximum absolute atomic E-state index is 2.41. The Morgan fingerprint density at radius 1 is 0.358 bits per heavy atom. The zero-order valence-corrected chi connectivity index (χ0v) is 29.7. The van der Waals surface area contributed by atoms with Crippen molar-refractivity contribution in [3.8, 4) is 11.1 Å². The van der Waals surface area contributed by atoms with Gasteiger partial charge in [-0.2, -0.15) is 0 Å². The molecule has 1 heterocycles. The van der Waals surface area contributed by atoms with Gasteiger partial charge in [0.25, 0.3) is 0 Å². The van der Waals surface area contributed by atoms with E-state index in [0.29, 0.717) is 0 Å². The Balaban J connectivity index is 1.10. The van der Waals surface area contributed by atoms with Crippen LogP contribution in [0.15, 0.2) is 200 Å². The first-order valence-electron chi connectivity index (χ1n) is 18.3. The molecule has 0 saturated heterocycles. The van der Waals surface area contributed by atoms with E-state index in [9.17, 15) is 0 Å². The molecule has 248 valence electrons. The van der Waals surface area contributed by atoms with Crippen molar-refractivity contribution in [2.24, 2.45) is 0 Å². The number of thiophene rings is 1. The molecule has 1 nitrogen and oxygen atoms in total. The van der Waals surface area contributed by atoms with Crippen molar-refractivity contribution >= 4 is 70.1 Å². The van der Waals surface area contributed by atoms with Crippen molar-refractivity contribution in [3.63, 3.8) is 0 Å². The number of hydrogen-bond acceptors (Lipinski definition) is 2. The second-order valence-corrected chi connectivity index (χ2v) is 15.1. The van der Waals surface area contributed by atoms with Crippen molar-refractivity contribution in [2.75, 3.05) is 4.90 Å². The van der Waals surface area contributed by atoms with E-state index in [0.717, 1.165) is 17.1 Å². The Bertz CT molecular complexity index is 2920. The van der Waals surface area contributed by atoms with Crippen LogP contribution in [0, 0.1) is 0 Å². The fourth-order valence-corrected chi connectivity index (χ4v) is 10.1. The first kappa shape index (κ1) is 30.2. The molecule has 1 aliphatic rings. The molecule has 2 heteroatoms. The average Bonchev–Trinajstić information content (AvgIpc) is 3.76. The minimum absolute atomic E-state index is 0.444. The van der Waals surface area contributed by atoms with Crippen LogP contribution in [0.4, 0.5) is 17.1 Å². The summed E-state index contributed by atoms with van der Waals surface area (Å²) in [6, 6.07) is 74.0. The lowest BCUT2D eigenvalue weighted by molar-refractivity contribution is 0.771. The van der Waals surface area contributed by atoms with E-state index in [1.807, 2.05) is 11.3 Å². The van der Waals surface area contributed by atoms with Gasteiger partial charge in [-0.25, -0.2) is 0 Å². The van der Waals surface area contributed by atoms with E-state index >= 15 is 0 Å². The number of fused-ring (bicyclic) bond motifs is 3. The molecule has 0 amide bonds. The number of nitrogens with zero attached hydrogens (tertiary/aromatic N) is 1. The SMILES string of the molecule is c1ccc(-c2ccc(N(c3ccc(C4(c5ccccc5)c5cccc6ccc7cccc4c7c56)cc3)c3ccc4c(c3)sc3ccccc34)cc2)cc1. The van der Waals surface area contributed by atoms with Gasteiger partial charge in [0.1, 0.15) is 0 Å². The summed E-state index contributed by atoms with van der Waals surface area (Å²) in [5.74, 6) is 0. The number of benzene rings is 9. The second-order valence-electron chi connectivity index (χ2n) is 14.1. The van der Waals surface area contributed by atoms with Crippen molar-refractivity contribution < 1.29 is 0 Å². The molecule has 11 rings (SSSR count). The number of hydrogen-bond donors (Lipinski definition) is 0. The van der Waals surface area contributed by atoms with Gasteiger partial charge in [-0.15, -0.1) is 11.3 Å². The Labute approximate surface area is 312 Å². The average molecular weight is 692 g/mol. The van der Waals surface area contributed by atoms with E-state index in [1.165, 1.54) is 75.1 Å². The molecular formula is C51H33NS. The Kier molecular flexibility index (Phi) is 6.71. The molecule has 0 spiro atoms. The van der Waals surface area contributed by atoms with Gasteiger partial charge >= 0.3 is 0 Å². The molecule has 0 aliphatic heterocycles. The molecular weight excluding hydrogens is 659 g/mol. The van der Waals surface area contributed by atoms with Crippen LogP contribution in [0.1, 0.15) is 22.3 Å². The molecule has 0 fully saturated rings. The van der Waals surface area contributed by atoms with Gasteiger partial charge in [0.15, 0.2) is 0 Å². The second kappa shape index (κ2) is 11.8.